The Hall–Kier alpha value is -1.72. The summed E-state index contributed by atoms with van der Waals surface area (Å²) in [5.74, 6) is 0.391. The maximum Gasteiger partial charge on any atom is 0.350 e. The molecule has 176 valence electrons. The number of hydrogen-bond donors (Lipinski definition) is 2. The molecule has 0 spiro atoms. The molecule has 1 unspecified atom stereocenters. The van der Waals surface area contributed by atoms with Crippen LogP contribution in [0.2, 0.25) is 0 Å². The van der Waals surface area contributed by atoms with Crippen molar-refractivity contribution in [1.82, 2.24) is 15.6 Å². The molecule has 3 rings (SSSR count). The summed E-state index contributed by atoms with van der Waals surface area (Å²) >= 11 is 1.36. The molecule has 0 aliphatic carbocycles. The van der Waals surface area contributed by atoms with Gasteiger partial charge in [-0.3, -0.25) is 4.99 Å². The molecule has 1 aromatic carbocycles. The highest BCUT2D eigenvalue weighted by Gasteiger charge is 2.34. The number of carbonyl (C=O) groups excluding carboxylic acids is 1. The molecule has 32 heavy (non-hydrogen) atoms. The van der Waals surface area contributed by atoms with Crippen molar-refractivity contribution in [1.29, 1.82) is 0 Å². The van der Waals surface area contributed by atoms with Crippen molar-refractivity contribution in [2.45, 2.75) is 45.1 Å². The predicted molar refractivity (Wildman–Crippen MR) is 139 cm³/mol. The molecule has 0 saturated carbocycles. The lowest BCUT2D eigenvalue weighted by Gasteiger charge is -2.38. The summed E-state index contributed by atoms with van der Waals surface area (Å²) in [6.07, 6.45) is 1.93. The zero-order valence-corrected chi connectivity index (χ0v) is 22.3. The van der Waals surface area contributed by atoms with E-state index in [9.17, 15) is 4.79 Å². The number of guanidine groups is 1. The fraction of sp³-hybridized carbons (Fsp3) is 0.522. The third-order valence-electron chi connectivity index (χ3n) is 5.65. The van der Waals surface area contributed by atoms with Crippen molar-refractivity contribution >= 4 is 47.2 Å². The molecule has 7 nitrogen and oxygen atoms in total. The first kappa shape index (κ1) is 26.5. The number of rotatable bonds is 7. The second-order valence-corrected chi connectivity index (χ2v) is 8.77. The SMILES string of the molecule is CCOC(=O)c1sc(C(C)NC(=NC)NCC2(c3ccccc3)CCOCC2)nc1C.I. The highest BCUT2D eigenvalue weighted by Crippen LogP contribution is 2.34. The van der Waals surface area contributed by atoms with Crippen LogP contribution >= 0.6 is 35.3 Å². The first-order valence-corrected chi connectivity index (χ1v) is 11.6. The number of nitrogens with zero attached hydrogens (tertiary/aromatic N) is 2. The molecule has 1 atom stereocenters. The average Bonchev–Trinajstić information content (AvgIpc) is 3.20. The standard InChI is InChI=1S/C23H32N4O3S.HI/c1-5-30-21(28)19-16(2)26-20(31-19)17(3)27-22(24-4)25-15-23(11-13-29-14-12-23)18-9-7-6-8-10-18;/h6-10,17H,5,11-15H2,1-4H3,(H2,24,25,27);1H. The minimum absolute atomic E-state index is 0. The van der Waals surface area contributed by atoms with Gasteiger partial charge < -0.3 is 20.1 Å². The summed E-state index contributed by atoms with van der Waals surface area (Å²) < 4.78 is 10.8. The van der Waals surface area contributed by atoms with Gasteiger partial charge in [-0.15, -0.1) is 35.3 Å². The molecule has 0 bridgehead atoms. The van der Waals surface area contributed by atoms with Crippen LogP contribution in [0.1, 0.15) is 58.7 Å². The number of ether oxygens (including phenoxy) is 2. The van der Waals surface area contributed by atoms with Gasteiger partial charge in [0.05, 0.1) is 18.3 Å². The first-order valence-electron chi connectivity index (χ1n) is 10.7. The fourth-order valence-electron chi connectivity index (χ4n) is 3.82. The van der Waals surface area contributed by atoms with Gasteiger partial charge in [0, 0.05) is 32.2 Å². The number of halogens is 1. The Balaban J connectivity index is 0.00000363. The van der Waals surface area contributed by atoms with Crippen LogP contribution in [0.5, 0.6) is 0 Å². The van der Waals surface area contributed by atoms with Gasteiger partial charge in [-0.05, 0) is 39.2 Å². The normalized spacial score (nSPS) is 16.6. The van der Waals surface area contributed by atoms with Crippen LogP contribution in [0.15, 0.2) is 35.3 Å². The number of aliphatic imine (C=N–C) groups is 1. The number of aromatic nitrogens is 1. The number of benzene rings is 1. The van der Waals surface area contributed by atoms with Crippen molar-refractivity contribution in [2.75, 3.05) is 33.4 Å². The number of aryl methyl sites for hydroxylation is 1. The third kappa shape index (κ3) is 6.41. The topological polar surface area (TPSA) is 84.8 Å². The lowest BCUT2D eigenvalue weighted by molar-refractivity contribution is 0.0513. The summed E-state index contributed by atoms with van der Waals surface area (Å²) in [4.78, 5) is 21.6. The van der Waals surface area contributed by atoms with E-state index in [0.717, 1.165) is 37.6 Å². The number of nitrogens with one attached hydrogen (secondary N) is 2. The predicted octanol–water partition coefficient (Wildman–Crippen LogP) is 4.22. The Labute approximate surface area is 211 Å². The van der Waals surface area contributed by atoms with Crippen LogP contribution in [-0.2, 0) is 14.9 Å². The van der Waals surface area contributed by atoms with Crippen LogP contribution in [0.4, 0.5) is 0 Å². The molecule has 2 N–H and O–H groups in total. The molecule has 1 aliphatic rings. The monoisotopic (exact) mass is 572 g/mol. The molecule has 0 amide bonds. The molecule has 1 aliphatic heterocycles. The summed E-state index contributed by atoms with van der Waals surface area (Å²) in [5.41, 5.74) is 2.03. The molecule has 2 heterocycles. The van der Waals surface area contributed by atoms with Gasteiger partial charge in [0.25, 0.3) is 0 Å². The van der Waals surface area contributed by atoms with E-state index in [4.69, 9.17) is 9.47 Å². The second-order valence-electron chi connectivity index (χ2n) is 7.74. The number of esters is 1. The second kappa shape index (κ2) is 12.5. The summed E-state index contributed by atoms with van der Waals surface area (Å²) in [5, 5.41) is 7.74. The average molecular weight is 573 g/mol. The number of carbonyl (C=O) groups is 1. The van der Waals surface area contributed by atoms with Crippen LogP contribution in [0, 0.1) is 6.92 Å². The minimum Gasteiger partial charge on any atom is -0.462 e. The summed E-state index contributed by atoms with van der Waals surface area (Å²) in [6, 6.07) is 10.5. The van der Waals surface area contributed by atoms with E-state index >= 15 is 0 Å². The van der Waals surface area contributed by atoms with Crippen LogP contribution < -0.4 is 10.6 Å². The van der Waals surface area contributed by atoms with Gasteiger partial charge in [0.1, 0.15) is 9.88 Å². The van der Waals surface area contributed by atoms with Crippen molar-refractivity contribution in [2.24, 2.45) is 4.99 Å². The lowest BCUT2D eigenvalue weighted by atomic mass is 9.74. The Morgan fingerprint density at radius 2 is 2.00 bits per heavy atom. The molecular formula is C23H33IN4O3S. The maximum absolute atomic E-state index is 12.1. The van der Waals surface area contributed by atoms with E-state index in [0.29, 0.717) is 23.1 Å². The highest BCUT2D eigenvalue weighted by molar-refractivity contribution is 14.0. The zero-order valence-electron chi connectivity index (χ0n) is 19.1. The Morgan fingerprint density at radius 1 is 1.31 bits per heavy atom. The quantitative estimate of drug-likeness (QED) is 0.224. The highest BCUT2D eigenvalue weighted by atomic mass is 127. The fourth-order valence-corrected chi connectivity index (χ4v) is 4.79. The van der Waals surface area contributed by atoms with E-state index in [-0.39, 0.29) is 41.4 Å². The van der Waals surface area contributed by atoms with Gasteiger partial charge >= 0.3 is 5.97 Å². The molecule has 2 aromatic rings. The number of hydrogen-bond acceptors (Lipinski definition) is 6. The van der Waals surface area contributed by atoms with Gasteiger partial charge in [0.15, 0.2) is 5.96 Å². The maximum atomic E-state index is 12.1. The number of thiazole rings is 1. The summed E-state index contributed by atoms with van der Waals surface area (Å²) in [6.45, 7) is 8.28. The van der Waals surface area contributed by atoms with E-state index in [2.05, 4.69) is 44.9 Å². The van der Waals surface area contributed by atoms with Crippen molar-refractivity contribution in [3.05, 3.63) is 51.5 Å². The largest absolute Gasteiger partial charge is 0.462 e. The first-order chi connectivity index (χ1) is 15.0. The molecule has 1 fully saturated rings. The Kier molecular flexibility index (Phi) is 10.4. The van der Waals surface area contributed by atoms with Crippen LogP contribution in [0.25, 0.3) is 0 Å². The summed E-state index contributed by atoms with van der Waals surface area (Å²) in [7, 11) is 1.76. The van der Waals surface area contributed by atoms with Crippen LogP contribution in [0.3, 0.4) is 0 Å². The smallest absolute Gasteiger partial charge is 0.350 e. The van der Waals surface area contributed by atoms with Crippen molar-refractivity contribution in [3.63, 3.8) is 0 Å². The zero-order chi connectivity index (χ0) is 22.3. The molecule has 9 heteroatoms. The molecule has 1 aromatic heterocycles. The Bertz CT molecular complexity index is 898. The molecule has 1 saturated heterocycles. The van der Waals surface area contributed by atoms with Crippen molar-refractivity contribution < 1.29 is 14.3 Å². The van der Waals surface area contributed by atoms with Gasteiger partial charge in [0.2, 0.25) is 0 Å². The van der Waals surface area contributed by atoms with Crippen molar-refractivity contribution in [3.8, 4) is 0 Å². The Morgan fingerprint density at radius 3 is 2.62 bits per heavy atom. The van der Waals surface area contributed by atoms with Gasteiger partial charge in [-0.25, -0.2) is 9.78 Å². The minimum atomic E-state index is -0.317. The van der Waals surface area contributed by atoms with Gasteiger partial charge in [-0.1, -0.05) is 30.3 Å². The van der Waals surface area contributed by atoms with Gasteiger partial charge in [-0.2, -0.15) is 0 Å². The third-order valence-corrected chi connectivity index (χ3v) is 6.97. The molecule has 0 radical (unpaired) electrons. The van der Waals surface area contributed by atoms with E-state index < -0.39 is 0 Å². The molecular weight excluding hydrogens is 539 g/mol. The van der Waals surface area contributed by atoms with E-state index in [1.165, 1.54) is 16.9 Å². The van der Waals surface area contributed by atoms with E-state index in [1.807, 2.05) is 19.9 Å². The van der Waals surface area contributed by atoms with Crippen LogP contribution in [-0.4, -0.2) is 50.3 Å². The lowest BCUT2D eigenvalue weighted by Crippen LogP contribution is -2.48. The van der Waals surface area contributed by atoms with E-state index in [1.54, 1.807) is 14.0 Å².